The summed E-state index contributed by atoms with van der Waals surface area (Å²) in [7, 11) is 0. The van der Waals surface area contributed by atoms with Gasteiger partial charge in [0.05, 0.1) is 23.9 Å². The van der Waals surface area contributed by atoms with Gasteiger partial charge in [-0.05, 0) is 35.9 Å². The van der Waals surface area contributed by atoms with Gasteiger partial charge in [0.1, 0.15) is 4.70 Å². The number of thioether (sulfide) groups is 1. The van der Waals surface area contributed by atoms with Crippen molar-refractivity contribution >= 4 is 50.8 Å². The highest BCUT2D eigenvalue weighted by Gasteiger charge is 2.18. The van der Waals surface area contributed by atoms with Crippen molar-refractivity contribution in [3.8, 4) is 0 Å². The summed E-state index contributed by atoms with van der Waals surface area (Å²) in [4.78, 5) is 29.9. The minimum Gasteiger partial charge on any atom is -0.376 e. The number of thiophene rings is 1. The minimum absolute atomic E-state index is 0.0997. The highest BCUT2D eigenvalue weighted by molar-refractivity contribution is 7.99. The van der Waals surface area contributed by atoms with Crippen molar-refractivity contribution in [3.05, 3.63) is 56.7 Å². The number of amides is 1. The summed E-state index contributed by atoms with van der Waals surface area (Å²) in [5, 5.41) is 5.85. The first-order valence-corrected chi connectivity index (χ1v) is 11.6. The fraction of sp³-hybridized carbons (Fsp3) is 0.350. The maximum Gasteiger partial charge on any atom is 0.272 e. The number of nitrogens with zero attached hydrogens (tertiary/aromatic N) is 2. The second kappa shape index (κ2) is 9.30. The van der Waals surface area contributed by atoms with Gasteiger partial charge in [-0.25, -0.2) is 4.98 Å². The Balaban J connectivity index is 1.53. The second-order valence-corrected chi connectivity index (χ2v) is 9.01. The molecule has 0 saturated carbocycles. The average Bonchev–Trinajstić information content (AvgIpc) is 3.40. The van der Waals surface area contributed by atoms with Gasteiger partial charge in [-0.1, -0.05) is 41.6 Å². The van der Waals surface area contributed by atoms with E-state index in [1.54, 1.807) is 10.6 Å². The molecule has 1 aromatic carbocycles. The van der Waals surface area contributed by atoms with Gasteiger partial charge in [-0.3, -0.25) is 14.2 Å². The quantitative estimate of drug-likeness (QED) is 0.441. The van der Waals surface area contributed by atoms with Crippen LogP contribution in [0.3, 0.4) is 0 Å². The summed E-state index contributed by atoms with van der Waals surface area (Å²) in [6.45, 7) is 1.58. The monoisotopic (exact) mass is 449 g/mol. The lowest BCUT2D eigenvalue weighted by atomic mass is 10.2. The lowest BCUT2D eigenvalue weighted by Crippen LogP contribution is -2.33. The number of carbonyl (C=O) groups excluding carboxylic acids is 1. The average molecular weight is 450 g/mol. The number of carbonyl (C=O) groups is 1. The standard InChI is InChI=1S/C20H20ClN3O3S2/c21-15-6-2-1-4-13(15)11-24-19(26)18-16(7-9-28-18)23-20(24)29-12-17(25)22-10-14-5-3-8-27-14/h1-2,4,6-7,9,14H,3,5,8,10-12H2,(H,22,25)/t14-/m0/s1. The number of hydrogen-bond donors (Lipinski definition) is 1. The molecule has 1 saturated heterocycles. The third kappa shape index (κ3) is 4.83. The first kappa shape index (κ1) is 20.4. The number of benzene rings is 1. The van der Waals surface area contributed by atoms with Gasteiger partial charge in [0.2, 0.25) is 5.91 Å². The van der Waals surface area contributed by atoms with E-state index in [-0.39, 0.29) is 23.3 Å². The zero-order chi connectivity index (χ0) is 20.2. The summed E-state index contributed by atoms with van der Waals surface area (Å²) in [6.07, 6.45) is 2.11. The van der Waals surface area contributed by atoms with Gasteiger partial charge in [0.25, 0.3) is 5.56 Å². The summed E-state index contributed by atoms with van der Waals surface area (Å²) in [5.74, 6) is 0.0755. The third-order valence-electron chi connectivity index (χ3n) is 4.70. The molecule has 3 heterocycles. The molecule has 4 rings (SSSR count). The molecular weight excluding hydrogens is 430 g/mol. The van der Waals surface area contributed by atoms with E-state index in [1.807, 2.05) is 29.6 Å². The molecule has 1 amide bonds. The Labute approximate surface area is 181 Å². The van der Waals surface area contributed by atoms with Gasteiger partial charge in [0.15, 0.2) is 5.16 Å². The van der Waals surface area contributed by atoms with E-state index in [9.17, 15) is 9.59 Å². The zero-order valence-corrected chi connectivity index (χ0v) is 18.0. The molecule has 6 nitrogen and oxygen atoms in total. The van der Waals surface area contributed by atoms with E-state index in [0.717, 1.165) is 25.0 Å². The van der Waals surface area contributed by atoms with Crippen molar-refractivity contribution < 1.29 is 9.53 Å². The van der Waals surface area contributed by atoms with Crippen LogP contribution in [0.2, 0.25) is 5.02 Å². The molecule has 0 unspecified atom stereocenters. The van der Waals surface area contributed by atoms with E-state index < -0.39 is 0 Å². The third-order valence-corrected chi connectivity index (χ3v) is 6.94. The highest BCUT2D eigenvalue weighted by atomic mass is 35.5. The molecule has 2 aromatic heterocycles. The first-order chi connectivity index (χ1) is 14.1. The van der Waals surface area contributed by atoms with E-state index in [2.05, 4.69) is 10.3 Å². The van der Waals surface area contributed by atoms with Crippen LogP contribution in [0.15, 0.2) is 45.7 Å². The van der Waals surface area contributed by atoms with E-state index in [4.69, 9.17) is 16.3 Å². The van der Waals surface area contributed by atoms with Crippen molar-refractivity contribution in [2.24, 2.45) is 0 Å². The molecule has 29 heavy (non-hydrogen) atoms. The van der Waals surface area contributed by atoms with Gasteiger partial charge < -0.3 is 10.1 Å². The smallest absolute Gasteiger partial charge is 0.272 e. The first-order valence-electron chi connectivity index (χ1n) is 9.34. The molecule has 1 atom stereocenters. The highest BCUT2D eigenvalue weighted by Crippen LogP contribution is 2.23. The van der Waals surface area contributed by atoms with Crippen LogP contribution in [0.25, 0.3) is 10.2 Å². The Bertz CT molecular complexity index is 1080. The van der Waals surface area contributed by atoms with Crippen molar-refractivity contribution in [2.75, 3.05) is 18.9 Å². The van der Waals surface area contributed by atoms with Crippen molar-refractivity contribution in [1.29, 1.82) is 0 Å². The Morgan fingerprint density at radius 1 is 1.38 bits per heavy atom. The SMILES string of the molecule is O=C(CSc1nc2ccsc2c(=O)n1Cc1ccccc1Cl)NC[C@@H]1CCCO1. The molecule has 1 N–H and O–H groups in total. The Morgan fingerprint density at radius 3 is 3.03 bits per heavy atom. The molecule has 0 spiro atoms. The predicted molar refractivity (Wildman–Crippen MR) is 117 cm³/mol. The summed E-state index contributed by atoms with van der Waals surface area (Å²) < 4.78 is 7.72. The van der Waals surface area contributed by atoms with E-state index in [1.165, 1.54) is 23.1 Å². The summed E-state index contributed by atoms with van der Waals surface area (Å²) in [6, 6.07) is 9.24. The largest absolute Gasteiger partial charge is 0.376 e. The fourth-order valence-electron chi connectivity index (χ4n) is 3.18. The minimum atomic E-state index is -0.118. The molecule has 3 aromatic rings. The van der Waals surface area contributed by atoms with Crippen LogP contribution >= 0.6 is 34.7 Å². The number of nitrogens with one attached hydrogen (secondary N) is 1. The van der Waals surface area contributed by atoms with Crippen LogP contribution < -0.4 is 10.9 Å². The Hall–Kier alpha value is -1.87. The molecule has 1 fully saturated rings. The lowest BCUT2D eigenvalue weighted by molar-refractivity contribution is -0.119. The van der Waals surface area contributed by atoms with Crippen LogP contribution in [0.5, 0.6) is 0 Å². The lowest BCUT2D eigenvalue weighted by Gasteiger charge is -2.14. The molecule has 1 aliphatic rings. The fourth-order valence-corrected chi connectivity index (χ4v) is 4.99. The summed E-state index contributed by atoms with van der Waals surface area (Å²) >= 11 is 8.91. The Kier molecular flexibility index (Phi) is 6.54. The van der Waals surface area contributed by atoms with Gasteiger partial charge >= 0.3 is 0 Å². The van der Waals surface area contributed by atoms with Crippen LogP contribution in [-0.2, 0) is 16.1 Å². The molecule has 0 radical (unpaired) electrons. The number of ether oxygens (including phenoxy) is 1. The number of aromatic nitrogens is 2. The van der Waals surface area contributed by atoms with Crippen LogP contribution in [-0.4, -0.2) is 40.5 Å². The molecule has 0 aliphatic carbocycles. The molecular formula is C20H20ClN3O3S2. The number of halogens is 1. The Morgan fingerprint density at radius 2 is 2.24 bits per heavy atom. The van der Waals surface area contributed by atoms with Gasteiger partial charge in [-0.2, -0.15) is 0 Å². The van der Waals surface area contributed by atoms with Gasteiger partial charge in [0, 0.05) is 18.2 Å². The van der Waals surface area contributed by atoms with Crippen LogP contribution in [0.1, 0.15) is 18.4 Å². The predicted octanol–water partition coefficient (Wildman–Crippen LogP) is 3.55. The van der Waals surface area contributed by atoms with Crippen molar-refractivity contribution in [1.82, 2.24) is 14.9 Å². The number of fused-ring (bicyclic) bond motifs is 1. The normalized spacial score (nSPS) is 16.4. The molecule has 9 heteroatoms. The second-order valence-electron chi connectivity index (χ2n) is 6.74. The topological polar surface area (TPSA) is 73.2 Å². The maximum absolute atomic E-state index is 13.0. The van der Waals surface area contributed by atoms with Crippen molar-refractivity contribution in [2.45, 2.75) is 30.6 Å². The maximum atomic E-state index is 13.0. The summed E-state index contributed by atoms with van der Waals surface area (Å²) in [5.41, 5.74) is 1.36. The number of rotatable bonds is 7. The van der Waals surface area contributed by atoms with E-state index >= 15 is 0 Å². The number of hydrogen-bond acceptors (Lipinski definition) is 6. The van der Waals surface area contributed by atoms with E-state index in [0.29, 0.717) is 33.5 Å². The van der Waals surface area contributed by atoms with Gasteiger partial charge in [-0.15, -0.1) is 11.3 Å². The van der Waals surface area contributed by atoms with Crippen LogP contribution in [0.4, 0.5) is 0 Å². The van der Waals surface area contributed by atoms with Crippen LogP contribution in [0, 0.1) is 0 Å². The molecule has 152 valence electrons. The van der Waals surface area contributed by atoms with Crippen molar-refractivity contribution in [3.63, 3.8) is 0 Å². The zero-order valence-electron chi connectivity index (χ0n) is 15.6. The molecule has 1 aliphatic heterocycles. The molecule has 0 bridgehead atoms.